The minimum atomic E-state index is -1.55. The van der Waals surface area contributed by atoms with E-state index in [2.05, 4.69) is 118 Å². The Morgan fingerprint density at radius 1 is 0.625 bits per heavy atom. The summed E-state index contributed by atoms with van der Waals surface area (Å²) in [6.45, 7) is 7.27. The summed E-state index contributed by atoms with van der Waals surface area (Å²) in [6.07, 6.45) is 0. The fourth-order valence-corrected chi connectivity index (χ4v) is 6.02. The van der Waals surface area contributed by atoms with Crippen molar-refractivity contribution >= 4 is 45.1 Å². The van der Waals surface area contributed by atoms with E-state index in [0.717, 1.165) is 8.95 Å². The third-order valence-electron chi connectivity index (χ3n) is 4.09. The molecule has 3 heteroatoms. The number of benzene rings is 3. The Morgan fingerprint density at radius 2 is 1.04 bits per heavy atom. The van der Waals surface area contributed by atoms with Gasteiger partial charge in [-0.25, -0.2) is 0 Å². The fourth-order valence-electron chi connectivity index (χ4n) is 3.15. The Balaban J connectivity index is 2.30. The largest absolute Gasteiger partial charge is 0.0792 e. The summed E-state index contributed by atoms with van der Waals surface area (Å²) in [6, 6.07) is 23.9. The van der Waals surface area contributed by atoms with Crippen LogP contribution in [0.25, 0.3) is 22.3 Å². The molecule has 0 heterocycles. The quantitative estimate of drug-likeness (QED) is 0.366. The molecule has 122 valence electrons. The minimum Gasteiger partial charge on any atom is -0.0656 e. The van der Waals surface area contributed by atoms with E-state index < -0.39 is 8.07 Å². The summed E-state index contributed by atoms with van der Waals surface area (Å²) in [4.78, 5) is 0. The minimum absolute atomic E-state index is 1.12. The zero-order chi connectivity index (χ0) is 17.3. The summed E-state index contributed by atoms with van der Waals surface area (Å²) in [5, 5.41) is 1.52. The van der Waals surface area contributed by atoms with E-state index in [4.69, 9.17) is 0 Å². The van der Waals surface area contributed by atoms with Gasteiger partial charge in [-0.1, -0.05) is 94.0 Å². The van der Waals surface area contributed by atoms with Crippen molar-refractivity contribution in [2.45, 2.75) is 19.6 Å². The lowest BCUT2D eigenvalue weighted by Gasteiger charge is -2.25. The smallest absolute Gasteiger partial charge is 0.0656 e. The van der Waals surface area contributed by atoms with Crippen molar-refractivity contribution in [3.05, 3.63) is 75.7 Å². The second kappa shape index (κ2) is 6.99. The third kappa shape index (κ3) is 3.74. The van der Waals surface area contributed by atoms with E-state index in [9.17, 15) is 0 Å². The summed E-state index contributed by atoms with van der Waals surface area (Å²) >= 11 is 7.23. The predicted octanol–water partition coefficient (Wildman–Crippen LogP) is 7.09. The lowest BCUT2D eigenvalue weighted by atomic mass is 9.99. The fraction of sp³-hybridized carbons (Fsp3) is 0.143. The maximum Gasteiger partial charge on any atom is 0.0792 e. The summed E-state index contributed by atoms with van der Waals surface area (Å²) < 4.78 is 2.24. The normalized spacial score (nSPS) is 11.5. The molecule has 0 N–H and O–H groups in total. The Labute approximate surface area is 162 Å². The van der Waals surface area contributed by atoms with Gasteiger partial charge < -0.3 is 0 Å². The number of rotatable bonds is 3. The molecule has 0 bridgehead atoms. The second-order valence-corrected chi connectivity index (χ2v) is 13.8. The third-order valence-corrected chi connectivity index (χ3v) is 7.11. The maximum atomic E-state index is 3.61. The zero-order valence-electron chi connectivity index (χ0n) is 14.1. The number of halogens is 2. The first-order valence-electron chi connectivity index (χ1n) is 8.01. The monoisotopic (exact) mass is 458 g/mol. The molecule has 0 aliphatic heterocycles. The van der Waals surface area contributed by atoms with E-state index in [1.807, 2.05) is 0 Å². The highest BCUT2D eigenvalue weighted by molar-refractivity contribution is 9.10. The van der Waals surface area contributed by atoms with Crippen molar-refractivity contribution in [1.82, 2.24) is 0 Å². The van der Waals surface area contributed by atoms with Crippen molar-refractivity contribution in [3.63, 3.8) is 0 Å². The summed E-state index contributed by atoms with van der Waals surface area (Å²) in [5.41, 5.74) is 5.26. The highest BCUT2D eigenvalue weighted by Gasteiger charge is 2.25. The van der Waals surface area contributed by atoms with Gasteiger partial charge in [0, 0.05) is 8.95 Å². The van der Waals surface area contributed by atoms with Crippen LogP contribution >= 0.6 is 31.9 Å². The van der Waals surface area contributed by atoms with Crippen molar-refractivity contribution in [3.8, 4) is 22.3 Å². The van der Waals surface area contributed by atoms with Gasteiger partial charge in [-0.05, 0) is 51.7 Å². The average molecular weight is 460 g/mol. The van der Waals surface area contributed by atoms with Crippen LogP contribution in [0.5, 0.6) is 0 Å². The Hall–Kier alpha value is -1.16. The molecule has 0 aliphatic rings. The first-order chi connectivity index (χ1) is 11.4. The van der Waals surface area contributed by atoms with Gasteiger partial charge in [0.05, 0.1) is 8.07 Å². The average Bonchev–Trinajstić information content (AvgIpc) is 2.53. The summed E-state index contributed by atoms with van der Waals surface area (Å²) in [5.74, 6) is 0. The van der Waals surface area contributed by atoms with E-state index >= 15 is 0 Å². The molecule has 0 saturated heterocycles. The molecule has 0 amide bonds. The van der Waals surface area contributed by atoms with E-state index in [1.165, 1.54) is 27.4 Å². The molecule has 24 heavy (non-hydrogen) atoms. The lowest BCUT2D eigenvalue weighted by molar-refractivity contribution is 1.56. The molecule has 0 atom stereocenters. The van der Waals surface area contributed by atoms with E-state index in [-0.39, 0.29) is 0 Å². The van der Waals surface area contributed by atoms with E-state index in [1.54, 1.807) is 0 Å². The van der Waals surface area contributed by atoms with Gasteiger partial charge in [0.1, 0.15) is 0 Å². The Kier molecular flexibility index (Phi) is 5.14. The van der Waals surface area contributed by atoms with Crippen LogP contribution < -0.4 is 5.19 Å². The Morgan fingerprint density at radius 3 is 1.42 bits per heavy atom. The molecular formula is C21H20Br2Si. The second-order valence-electron chi connectivity index (χ2n) is 7.00. The van der Waals surface area contributed by atoms with Crippen molar-refractivity contribution < 1.29 is 0 Å². The van der Waals surface area contributed by atoms with Crippen LogP contribution in [0.2, 0.25) is 19.6 Å². The topological polar surface area (TPSA) is 0 Å². The molecule has 0 unspecified atom stereocenters. The molecule has 3 aromatic rings. The first kappa shape index (κ1) is 17.7. The van der Waals surface area contributed by atoms with Crippen LogP contribution in [0.4, 0.5) is 0 Å². The number of hydrogen-bond acceptors (Lipinski definition) is 0. The molecule has 0 radical (unpaired) electrons. The van der Waals surface area contributed by atoms with Crippen molar-refractivity contribution in [2.24, 2.45) is 0 Å². The summed E-state index contributed by atoms with van der Waals surface area (Å²) in [7, 11) is -1.55. The lowest BCUT2D eigenvalue weighted by Crippen LogP contribution is -2.40. The van der Waals surface area contributed by atoms with Crippen LogP contribution in [0, 0.1) is 0 Å². The van der Waals surface area contributed by atoms with Crippen LogP contribution in [0.3, 0.4) is 0 Å². The van der Waals surface area contributed by atoms with Gasteiger partial charge >= 0.3 is 0 Å². The standard InChI is InChI=1S/C21H20Br2Si/c1-24(2,3)21-19(15-7-4-9-17(22)13-15)11-6-12-20(21)16-8-5-10-18(23)14-16/h4-14H,1-3H3. The maximum absolute atomic E-state index is 3.61. The van der Waals surface area contributed by atoms with Crippen LogP contribution in [-0.2, 0) is 0 Å². The molecular weight excluding hydrogens is 440 g/mol. The number of hydrogen-bond donors (Lipinski definition) is 0. The highest BCUT2D eigenvalue weighted by Crippen LogP contribution is 2.30. The molecule has 3 rings (SSSR count). The molecule has 0 nitrogen and oxygen atoms in total. The SMILES string of the molecule is C[Si](C)(C)c1c(-c2cccc(Br)c2)cccc1-c1cccc(Br)c1. The molecule has 0 fully saturated rings. The van der Waals surface area contributed by atoms with Crippen molar-refractivity contribution in [2.75, 3.05) is 0 Å². The molecule has 0 aromatic heterocycles. The highest BCUT2D eigenvalue weighted by atomic mass is 79.9. The van der Waals surface area contributed by atoms with Crippen molar-refractivity contribution in [1.29, 1.82) is 0 Å². The molecule has 3 aromatic carbocycles. The van der Waals surface area contributed by atoms with E-state index in [0.29, 0.717) is 0 Å². The molecule has 0 saturated carbocycles. The molecule has 0 aliphatic carbocycles. The van der Waals surface area contributed by atoms with Crippen LogP contribution in [0.1, 0.15) is 0 Å². The predicted molar refractivity (Wildman–Crippen MR) is 116 cm³/mol. The van der Waals surface area contributed by atoms with Gasteiger partial charge in [-0.3, -0.25) is 0 Å². The van der Waals surface area contributed by atoms with Crippen LogP contribution in [-0.4, -0.2) is 8.07 Å². The van der Waals surface area contributed by atoms with Crippen LogP contribution in [0.15, 0.2) is 75.7 Å². The Bertz CT molecular complexity index is 815. The van der Waals surface area contributed by atoms with Gasteiger partial charge in [0.15, 0.2) is 0 Å². The van der Waals surface area contributed by atoms with Gasteiger partial charge in [-0.15, -0.1) is 0 Å². The zero-order valence-corrected chi connectivity index (χ0v) is 18.3. The van der Waals surface area contributed by atoms with Gasteiger partial charge in [-0.2, -0.15) is 0 Å². The first-order valence-corrected chi connectivity index (χ1v) is 13.1. The molecule has 0 spiro atoms. The van der Waals surface area contributed by atoms with Gasteiger partial charge in [0.25, 0.3) is 0 Å². The van der Waals surface area contributed by atoms with Gasteiger partial charge in [0.2, 0.25) is 0 Å².